The second-order valence-corrected chi connectivity index (χ2v) is 10.9. The molecule has 2 fully saturated rings. The molecule has 0 bridgehead atoms. The van der Waals surface area contributed by atoms with Gasteiger partial charge in [0.15, 0.2) is 0 Å². The lowest BCUT2D eigenvalue weighted by Gasteiger charge is -2.41. The molecule has 200 valence electrons. The lowest BCUT2D eigenvalue weighted by molar-refractivity contribution is -0.142. The van der Waals surface area contributed by atoms with E-state index in [2.05, 4.69) is 42.6 Å². The fraction of sp³-hybridized carbons (Fsp3) is 0.483. The summed E-state index contributed by atoms with van der Waals surface area (Å²) >= 11 is 0. The van der Waals surface area contributed by atoms with Gasteiger partial charge in [-0.2, -0.15) is 5.26 Å². The predicted octanol–water partition coefficient (Wildman–Crippen LogP) is 1.88. The van der Waals surface area contributed by atoms with E-state index in [1.54, 1.807) is 0 Å². The fourth-order valence-corrected chi connectivity index (χ4v) is 6.62. The van der Waals surface area contributed by atoms with E-state index >= 15 is 0 Å². The minimum atomic E-state index is -0.379. The Bertz CT molecular complexity index is 1250. The van der Waals surface area contributed by atoms with Crippen molar-refractivity contribution in [1.82, 2.24) is 15.1 Å². The standard InChI is InChI=1S/C29H33N5O3.ClH/c1-20-17-33(26(16-31-20)28(36)32-8-10-37-11-9-32)18-27(35)34-19-29(13-22-4-2-3-5-23(22)14-29)24-7-6-21(15-30)12-25(24)34;/h2-7,12,20,26,31H,8-11,13-14,16-19H2,1H3;1H/t20-,26-;/m1./s1. The molecule has 38 heavy (non-hydrogen) atoms. The molecule has 3 heterocycles. The SMILES string of the molecule is C[C@@H]1CN(CC(=O)N2CC3(Cc4ccccc4C3)c3ccc(C#N)cc32)[C@@H](C(=O)N2CCOCC2)CN1.Cl. The molecule has 1 spiro atoms. The third kappa shape index (κ3) is 4.69. The van der Waals surface area contributed by atoms with E-state index in [9.17, 15) is 14.9 Å². The number of nitrogens with zero attached hydrogens (tertiary/aromatic N) is 4. The lowest BCUT2D eigenvalue weighted by atomic mass is 9.79. The van der Waals surface area contributed by atoms with Crippen LogP contribution < -0.4 is 10.2 Å². The summed E-state index contributed by atoms with van der Waals surface area (Å²) in [6, 6.07) is 16.3. The predicted molar refractivity (Wildman–Crippen MR) is 147 cm³/mol. The van der Waals surface area contributed by atoms with Gasteiger partial charge in [-0.3, -0.25) is 14.5 Å². The molecule has 2 atom stereocenters. The number of amides is 2. The van der Waals surface area contributed by atoms with E-state index in [-0.39, 0.29) is 48.3 Å². The summed E-state index contributed by atoms with van der Waals surface area (Å²) < 4.78 is 5.43. The van der Waals surface area contributed by atoms with E-state index in [0.29, 0.717) is 51.5 Å². The molecule has 1 N–H and O–H groups in total. The van der Waals surface area contributed by atoms with Crippen molar-refractivity contribution >= 4 is 29.9 Å². The van der Waals surface area contributed by atoms with Crippen LogP contribution in [0.5, 0.6) is 0 Å². The van der Waals surface area contributed by atoms with Crippen molar-refractivity contribution in [3.05, 3.63) is 64.7 Å². The van der Waals surface area contributed by atoms with Gasteiger partial charge >= 0.3 is 0 Å². The molecule has 2 saturated heterocycles. The summed E-state index contributed by atoms with van der Waals surface area (Å²) in [6.07, 6.45) is 1.77. The van der Waals surface area contributed by atoms with Crippen molar-refractivity contribution in [2.24, 2.45) is 0 Å². The average molecular weight is 536 g/mol. The second-order valence-electron chi connectivity index (χ2n) is 10.9. The van der Waals surface area contributed by atoms with Crippen LogP contribution in [-0.4, -0.2) is 86.2 Å². The Balaban J connectivity index is 0.00000294. The molecule has 0 saturated carbocycles. The molecule has 8 nitrogen and oxygen atoms in total. The highest BCUT2D eigenvalue weighted by Gasteiger charge is 2.48. The number of nitrogens with one attached hydrogen (secondary N) is 1. The fourth-order valence-electron chi connectivity index (χ4n) is 6.62. The maximum absolute atomic E-state index is 14.0. The van der Waals surface area contributed by atoms with Gasteiger partial charge in [0, 0.05) is 49.9 Å². The lowest BCUT2D eigenvalue weighted by Crippen LogP contribution is -2.63. The molecule has 4 aliphatic rings. The summed E-state index contributed by atoms with van der Waals surface area (Å²) in [5.41, 5.74) is 5.03. The number of hydrogen-bond donors (Lipinski definition) is 1. The van der Waals surface area contributed by atoms with Crippen molar-refractivity contribution in [3.8, 4) is 6.07 Å². The number of anilines is 1. The Morgan fingerprint density at radius 3 is 2.53 bits per heavy atom. The van der Waals surface area contributed by atoms with Crippen LogP contribution in [0.25, 0.3) is 0 Å². The Morgan fingerprint density at radius 2 is 1.84 bits per heavy atom. The Kier molecular flexibility index (Phi) is 7.47. The zero-order chi connectivity index (χ0) is 25.6. The van der Waals surface area contributed by atoms with Crippen molar-refractivity contribution < 1.29 is 14.3 Å². The highest BCUT2D eigenvalue weighted by molar-refractivity contribution is 5.98. The van der Waals surface area contributed by atoms with E-state index < -0.39 is 0 Å². The molecule has 6 rings (SSSR count). The zero-order valence-corrected chi connectivity index (χ0v) is 22.5. The smallest absolute Gasteiger partial charge is 0.241 e. The summed E-state index contributed by atoms with van der Waals surface area (Å²) in [5, 5.41) is 13.0. The summed E-state index contributed by atoms with van der Waals surface area (Å²) in [4.78, 5) is 33.2. The van der Waals surface area contributed by atoms with Gasteiger partial charge in [-0.15, -0.1) is 12.4 Å². The van der Waals surface area contributed by atoms with Gasteiger partial charge in [-0.05, 0) is 48.6 Å². The van der Waals surface area contributed by atoms with E-state index in [0.717, 1.165) is 24.1 Å². The summed E-state index contributed by atoms with van der Waals surface area (Å²) in [5.74, 6) is 0.0462. The number of piperazine rings is 1. The largest absolute Gasteiger partial charge is 0.378 e. The van der Waals surface area contributed by atoms with Crippen LogP contribution in [0.3, 0.4) is 0 Å². The molecular formula is C29H34ClN5O3. The number of nitriles is 1. The molecule has 2 aromatic rings. The summed E-state index contributed by atoms with van der Waals surface area (Å²) in [7, 11) is 0. The Morgan fingerprint density at radius 1 is 1.13 bits per heavy atom. The molecule has 3 aliphatic heterocycles. The molecular weight excluding hydrogens is 502 g/mol. The van der Waals surface area contributed by atoms with Crippen molar-refractivity contribution in [2.45, 2.75) is 37.3 Å². The quantitative estimate of drug-likeness (QED) is 0.645. The van der Waals surface area contributed by atoms with Gasteiger partial charge in [-0.25, -0.2) is 0 Å². The van der Waals surface area contributed by atoms with E-state index in [1.165, 1.54) is 11.1 Å². The van der Waals surface area contributed by atoms with Gasteiger partial charge in [0.05, 0.1) is 31.4 Å². The third-order valence-electron chi connectivity index (χ3n) is 8.48. The van der Waals surface area contributed by atoms with Gasteiger partial charge in [0.25, 0.3) is 0 Å². The highest BCUT2D eigenvalue weighted by Crippen LogP contribution is 2.49. The Hall–Kier alpha value is -2.96. The molecule has 9 heteroatoms. The number of halogens is 1. The van der Waals surface area contributed by atoms with E-state index in [4.69, 9.17) is 4.74 Å². The maximum atomic E-state index is 14.0. The number of carbonyl (C=O) groups is 2. The molecule has 0 unspecified atom stereocenters. The van der Waals surface area contributed by atoms with Crippen molar-refractivity contribution in [1.29, 1.82) is 5.26 Å². The first-order chi connectivity index (χ1) is 18.0. The molecule has 2 aromatic carbocycles. The monoisotopic (exact) mass is 535 g/mol. The number of hydrogen-bond acceptors (Lipinski definition) is 6. The van der Waals surface area contributed by atoms with Crippen molar-refractivity contribution in [3.63, 3.8) is 0 Å². The Labute approximate surface area is 229 Å². The number of benzene rings is 2. The average Bonchev–Trinajstić information content (AvgIpc) is 3.45. The van der Waals surface area contributed by atoms with Crippen LogP contribution in [0.15, 0.2) is 42.5 Å². The summed E-state index contributed by atoms with van der Waals surface area (Å²) in [6.45, 7) is 6.29. The molecule has 2 amide bonds. The molecule has 0 aromatic heterocycles. The number of carbonyl (C=O) groups excluding carboxylic acids is 2. The number of fused-ring (bicyclic) bond motifs is 3. The second kappa shape index (κ2) is 10.7. The topological polar surface area (TPSA) is 88.9 Å². The van der Waals surface area contributed by atoms with Gasteiger partial charge in [0.1, 0.15) is 6.04 Å². The van der Waals surface area contributed by atoms with Crippen LogP contribution in [0.2, 0.25) is 0 Å². The number of ether oxygens (including phenoxy) is 1. The minimum Gasteiger partial charge on any atom is -0.378 e. The minimum absolute atomic E-state index is 0. The van der Waals surface area contributed by atoms with Crippen LogP contribution >= 0.6 is 12.4 Å². The van der Waals surface area contributed by atoms with Gasteiger partial charge in [-0.1, -0.05) is 30.3 Å². The van der Waals surface area contributed by atoms with Gasteiger partial charge < -0.3 is 19.9 Å². The van der Waals surface area contributed by atoms with Crippen LogP contribution in [0.1, 0.15) is 29.2 Å². The number of morpholine rings is 1. The molecule has 1 aliphatic carbocycles. The highest BCUT2D eigenvalue weighted by atomic mass is 35.5. The van der Waals surface area contributed by atoms with Gasteiger partial charge in [0.2, 0.25) is 11.8 Å². The normalized spacial score (nSPS) is 23.9. The van der Waals surface area contributed by atoms with Crippen LogP contribution in [0.4, 0.5) is 5.69 Å². The van der Waals surface area contributed by atoms with Crippen molar-refractivity contribution in [2.75, 3.05) is 57.4 Å². The first-order valence-electron chi connectivity index (χ1n) is 13.2. The van der Waals surface area contributed by atoms with Crippen LogP contribution in [0, 0.1) is 11.3 Å². The van der Waals surface area contributed by atoms with Crippen LogP contribution in [-0.2, 0) is 32.6 Å². The third-order valence-corrected chi connectivity index (χ3v) is 8.48. The number of rotatable bonds is 3. The first-order valence-corrected chi connectivity index (χ1v) is 13.2. The first kappa shape index (κ1) is 26.6. The zero-order valence-electron chi connectivity index (χ0n) is 21.7. The maximum Gasteiger partial charge on any atom is 0.241 e. The van der Waals surface area contributed by atoms with E-state index in [1.807, 2.05) is 32.9 Å². The molecule has 0 radical (unpaired) electrons.